The quantitative estimate of drug-likeness (QED) is 0.483. The summed E-state index contributed by atoms with van der Waals surface area (Å²) in [6.07, 6.45) is 0.265. The van der Waals surface area contributed by atoms with Gasteiger partial charge in [-0.15, -0.1) is 0 Å². The monoisotopic (exact) mass is 288 g/mol. The fourth-order valence-corrected chi connectivity index (χ4v) is 1.54. The number of rotatable bonds is 6. The molecule has 1 atom stereocenters. The van der Waals surface area contributed by atoms with Crippen LogP contribution in [-0.4, -0.2) is 30.7 Å². The number of methoxy groups -OCH3 is 1. The number of hydrogen-bond acceptors (Lipinski definition) is 6. The number of carbonyl (C=O) groups is 1. The van der Waals surface area contributed by atoms with E-state index in [4.69, 9.17) is 22.1 Å². The molecule has 7 nitrogen and oxygen atoms in total. The van der Waals surface area contributed by atoms with Gasteiger partial charge in [0.1, 0.15) is 16.8 Å². The Morgan fingerprint density at radius 1 is 1.58 bits per heavy atom. The van der Waals surface area contributed by atoms with Crippen LogP contribution < -0.4 is 10.5 Å². The first-order valence-electron chi connectivity index (χ1n) is 5.36. The van der Waals surface area contributed by atoms with Gasteiger partial charge in [-0.3, -0.25) is 14.9 Å². The topological polar surface area (TPSA) is 105 Å². The minimum atomic E-state index is -0.765. The molecule has 0 aliphatic carbocycles. The van der Waals surface area contributed by atoms with Gasteiger partial charge in [0, 0.05) is 18.6 Å². The number of carbonyl (C=O) groups excluding carboxylic acids is 1. The van der Waals surface area contributed by atoms with E-state index in [0.29, 0.717) is 5.75 Å². The van der Waals surface area contributed by atoms with E-state index >= 15 is 0 Å². The highest BCUT2D eigenvalue weighted by Crippen LogP contribution is 2.28. The molecule has 0 saturated heterocycles. The molecule has 0 heterocycles. The SMILES string of the molecule is COC(=O)C(N)CCOc1ccc([N+](=O)[O-])c(Cl)c1. The van der Waals surface area contributed by atoms with Crippen molar-refractivity contribution in [1.82, 2.24) is 0 Å². The second-order valence-electron chi connectivity index (χ2n) is 3.64. The van der Waals surface area contributed by atoms with E-state index in [0.717, 1.165) is 0 Å². The van der Waals surface area contributed by atoms with E-state index in [9.17, 15) is 14.9 Å². The van der Waals surface area contributed by atoms with E-state index in [1.54, 1.807) is 0 Å². The van der Waals surface area contributed by atoms with Crippen molar-refractivity contribution in [2.75, 3.05) is 13.7 Å². The average Bonchev–Trinajstić information content (AvgIpc) is 2.37. The highest BCUT2D eigenvalue weighted by atomic mass is 35.5. The van der Waals surface area contributed by atoms with Crippen molar-refractivity contribution in [3.8, 4) is 5.75 Å². The number of hydrogen-bond donors (Lipinski definition) is 1. The predicted molar refractivity (Wildman–Crippen MR) is 68.2 cm³/mol. The van der Waals surface area contributed by atoms with Crippen molar-refractivity contribution in [3.05, 3.63) is 33.3 Å². The standard InChI is InChI=1S/C11H13ClN2O5/c1-18-11(15)9(13)4-5-19-7-2-3-10(14(16)17)8(12)6-7/h2-3,6,9H,4-5,13H2,1H3. The molecule has 104 valence electrons. The third-order valence-corrected chi connectivity index (χ3v) is 2.62. The Morgan fingerprint density at radius 2 is 2.26 bits per heavy atom. The second-order valence-corrected chi connectivity index (χ2v) is 4.04. The van der Waals surface area contributed by atoms with Crippen LogP contribution in [0.5, 0.6) is 5.75 Å². The molecular formula is C11H13ClN2O5. The van der Waals surface area contributed by atoms with E-state index in [-0.39, 0.29) is 23.7 Å². The number of esters is 1. The number of ether oxygens (including phenoxy) is 2. The van der Waals surface area contributed by atoms with Crippen molar-refractivity contribution in [2.24, 2.45) is 5.73 Å². The average molecular weight is 289 g/mol. The maximum absolute atomic E-state index is 11.0. The van der Waals surface area contributed by atoms with Crippen LogP contribution in [0.2, 0.25) is 5.02 Å². The van der Waals surface area contributed by atoms with Gasteiger partial charge in [0.25, 0.3) is 5.69 Å². The summed E-state index contributed by atoms with van der Waals surface area (Å²) in [7, 11) is 1.25. The van der Waals surface area contributed by atoms with Gasteiger partial charge in [0.15, 0.2) is 0 Å². The number of halogens is 1. The molecule has 19 heavy (non-hydrogen) atoms. The molecule has 0 aromatic heterocycles. The lowest BCUT2D eigenvalue weighted by Gasteiger charge is -2.10. The first kappa shape index (κ1) is 15.2. The molecular weight excluding hydrogens is 276 g/mol. The maximum atomic E-state index is 11.0. The van der Waals surface area contributed by atoms with Crippen LogP contribution in [0.3, 0.4) is 0 Å². The molecule has 0 fully saturated rings. The number of nitro groups is 1. The van der Waals surface area contributed by atoms with Crippen molar-refractivity contribution < 1.29 is 19.2 Å². The molecule has 1 aromatic rings. The zero-order chi connectivity index (χ0) is 14.4. The summed E-state index contributed by atoms with van der Waals surface area (Å²) >= 11 is 5.72. The summed E-state index contributed by atoms with van der Waals surface area (Å²) in [5.74, 6) is -0.155. The molecule has 1 unspecified atom stereocenters. The third kappa shape index (κ3) is 4.38. The van der Waals surface area contributed by atoms with Gasteiger partial charge >= 0.3 is 5.97 Å². The zero-order valence-electron chi connectivity index (χ0n) is 10.2. The summed E-state index contributed by atoms with van der Waals surface area (Å²) in [6, 6.07) is 3.24. The highest BCUT2D eigenvalue weighted by Gasteiger charge is 2.15. The fourth-order valence-electron chi connectivity index (χ4n) is 1.30. The van der Waals surface area contributed by atoms with Crippen molar-refractivity contribution in [3.63, 3.8) is 0 Å². The van der Waals surface area contributed by atoms with Gasteiger partial charge in [-0.1, -0.05) is 11.6 Å². The van der Waals surface area contributed by atoms with Gasteiger partial charge in [0.2, 0.25) is 0 Å². The summed E-state index contributed by atoms with van der Waals surface area (Å²) in [4.78, 5) is 21.0. The third-order valence-electron chi connectivity index (χ3n) is 2.32. The minimum absolute atomic E-state index is 0.0141. The van der Waals surface area contributed by atoms with Gasteiger partial charge in [0.05, 0.1) is 18.6 Å². The summed E-state index contributed by atoms with van der Waals surface area (Å²) in [5.41, 5.74) is 5.32. The second kappa shape index (κ2) is 6.91. The molecule has 2 N–H and O–H groups in total. The Hall–Kier alpha value is -1.86. The molecule has 1 aromatic carbocycles. The van der Waals surface area contributed by atoms with Crippen LogP contribution in [0, 0.1) is 10.1 Å². The van der Waals surface area contributed by atoms with Gasteiger partial charge in [-0.05, 0) is 6.07 Å². The summed E-state index contributed by atoms with van der Waals surface area (Å²) < 4.78 is 9.75. The number of nitrogens with zero attached hydrogens (tertiary/aromatic N) is 1. The van der Waals surface area contributed by atoms with E-state index in [2.05, 4.69) is 4.74 Å². The van der Waals surface area contributed by atoms with Crippen molar-refractivity contribution in [2.45, 2.75) is 12.5 Å². The Kier molecular flexibility index (Phi) is 5.53. The van der Waals surface area contributed by atoms with Crippen LogP contribution in [0.25, 0.3) is 0 Å². The van der Waals surface area contributed by atoms with Gasteiger partial charge in [-0.25, -0.2) is 0 Å². The molecule has 1 rings (SSSR count). The zero-order valence-corrected chi connectivity index (χ0v) is 10.9. The van der Waals surface area contributed by atoms with Crippen LogP contribution >= 0.6 is 11.6 Å². The molecule has 0 aliphatic heterocycles. The fraction of sp³-hybridized carbons (Fsp3) is 0.364. The van der Waals surface area contributed by atoms with Crippen LogP contribution in [0.4, 0.5) is 5.69 Å². The summed E-state index contributed by atoms with van der Waals surface area (Å²) in [5, 5.41) is 10.5. The molecule has 0 radical (unpaired) electrons. The molecule has 0 saturated carbocycles. The predicted octanol–water partition coefficient (Wildman–Crippen LogP) is 1.52. The minimum Gasteiger partial charge on any atom is -0.493 e. The lowest BCUT2D eigenvalue weighted by atomic mass is 10.2. The van der Waals surface area contributed by atoms with Crippen LogP contribution in [-0.2, 0) is 9.53 Å². The highest BCUT2D eigenvalue weighted by molar-refractivity contribution is 6.32. The van der Waals surface area contributed by atoms with Crippen LogP contribution in [0.15, 0.2) is 18.2 Å². The molecule has 0 amide bonds. The smallest absolute Gasteiger partial charge is 0.322 e. The first-order valence-corrected chi connectivity index (χ1v) is 5.73. The Bertz CT molecular complexity index is 480. The maximum Gasteiger partial charge on any atom is 0.322 e. The van der Waals surface area contributed by atoms with Gasteiger partial charge in [-0.2, -0.15) is 0 Å². The Labute approximate surface area is 114 Å². The number of nitrogens with two attached hydrogens (primary N) is 1. The Morgan fingerprint density at radius 3 is 2.79 bits per heavy atom. The van der Waals surface area contributed by atoms with E-state index in [1.165, 1.54) is 25.3 Å². The summed E-state index contributed by atoms with van der Waals surface area (Å²) in [6.45, 7) is 0.171. The lowest BCUT2D eigenvalue weighted by molar-refractivity contribution is -0.384. The number of nitro benzene ring substituents is 1. The number of benzene rings is 1. The molecule has 0 spiro atoms. The molecule has 8 heteroatoms. The molecule has 0 aliphatic rings. The van der Waals surface area contributed by atoms with E-state index < -0.39 is 16.9 Å². The van der Waals surface area contributed by atoms with Crippen LogP contribution in [0.1, 0.15) is 6.42 Å². The Balaban J connectivity index is 2.53. The normalized spacial score (nSPS) is 11.7. The van der Waals surface area contributed by atoms with Crippen molar-refractivity contribution in [1.29, 1.82) is 0 Å². The molecule has 0 bridgehead atoms. The lowest BCUT2D eigenvalue weighted by Crippen LogP contribution is -2.33. The van der Waals surface area contributed by atoms with E-state index in [1.807, 2.05) is 0 Å². The van der Waals surface area contributed by atoms with Gasteiger partial charge < -0.3 is 15.2 Å². The first-order chi connectivity index (χ1) is 8.95. The largest absolute Gasteiger partial charge is 0.493 e. The van der Waals surface area contributed by atoms with Crippen molar-refractivity contribution >= 4 is 23.3 Å².